The molecular formula is C16H22. The highest BCUT2D eigenvalue weighted by atomic mass is 14.3. The molecule has 1 aliphatic rings. The van der Waals surface area contributed by atoms with Gasteiger partial charge < -0.3 is 0 Å². The van der Waals surface area contributed by atoms with Crippen LogP contribution in [0.2, 0.25) is 0 Å². The molecule has 0 saturated carbocycles. The fourth-order valence-corrected chi connectivity index (χ4v) is 2.86. The molecule has 1 aliphatic carbocycles. The lowest BCUT2D eigenvalue weighted by molar-refractivity contribution is 0.649. The molecule has 1 atom stereocenters. The third-order valence-corrected chi connectivity index (χ3v) is 3.71. The summed E-state index contributed by atoms with van der Waals surface area (Å²) in [6, 6.07) is 4.68. The molecule has 0 radical (unpaired) electrons. The van der Waals surface area contributed by atoms with E-state index in [2.05, 4.69) is 45.9 Å². The zero-order valence-corrected chi connectivity index (χ0v) is 10.9. The predicted molar refractivity (Wildman–Crippen MR) is 71.8 cm³/mol. The fraction of sp³-hybridized carbons (Fsp3) is 0.500. The van der Waals surface area contributed by atoms with E-state index in [1.807, 2.05) is 0 Å². The molecule has 0 aromatic heterocycles. The van der Waals surface area contributed by atoms with Crippen LogP contribution >= 0.6 is 0 Å². The number of unbranched alkanes of at least 4 members (excludes halogenated alkanes) is 1. The van der Waals surface area contributed by atoms with E-state index in [-0.39, 0.29) is 0 Å². The molecule has 0 bridgehead atoms. The smallest absolute Gasteiger partial charge is 0.00548 e. The molecule has 0 aliphatic heterocycles. The van der Waals surface area contributed by atoms with Crippen molar-refractivity contribution in [1.29, 1.82) is 0 Å². The normalized spacial score (nSPS) is 18.5. The highest BCUT2D eigenvalue weighted by Gasteiger charge is 2.23. The maximum atomic E-state index is 2.39. The predicted octanol–water partition coefficient (Wildman–Crippen LogP) is 4.99. The van der Waals surface area contributed by atoms with Crippen LogP contribution in [0.25, 0.3) is 6.08 Å². The van der Waals surface area contributed by atoms with Crippen molar-refractivity contribution in [2.45, 2.75) is 52.9 Å². The third-order valence-electron chi connectivity index (χ3n) is 3.71. The van der Waals surface area contributed by atoms with Gasteiger partial charge in [0, 0.05) is 5.92 Å². The van der Waals surface area contributed by atoms with Crippen LogP contribution in [-0.2, 0) is 0 Å². The van der Waals surface area contributed by atoms with Crippen LogP contribution in [0, 0.1) is 13.8 Å². The molecule has 1 aromatic rings. The summed E-state index contributed by atoms with van der Waals surface area (Å²) in [7, 11) is 0. The van der Waals surface area contributed by atoms with Crippen LogP contribution in [0.3, 0.4) is 0 Å². The van der Waals surface area contributed by atoms with E-state index in [0.717, 1.165) is 0 Å². The van der Waals surface area contributed by atoms with Crippen LogP contribution in [0.15, 0.2) is 17.7 Å². The summed E-state index contributed by atoms with van der Waals surface area (Å²) in [6.07, 6.45) is 6.34. The van der Waals surface area contributed by atoms with Gasteiger partial charge in [0.2, 0.25) is 0 Å². The summed E-state index contributed by atoms with van der Waals surface area (Å²) in [5.41, 5.74) is 7.46. The topological polar surface area (TPSA) is 0 Å². The maximum absolute atomic E-state index is 2.39. The van der Waals surface area contributed by atoms with Crippen LogP contribution in [0.4, 0.5) is 0 Å². The highest BCUT2D eigenvalue weighted by molar-refractivity contribution is 5.69. The summed E-state index contributed by atoms with van der Waals surface area (Å²) in [5, 5.41) is 0. The molecule has 86 valence electrons. The zero-order valence-electron chi connectivity index (χ0n) is 10.9. The fourth-order valence-electron chi connectivity index (χ4n) is 2.86. The zero-order chi connectivity index (χ0) is 11.7. The second-order valence-corrected chi connectivity index (χ2v) is 5.17. The first-order chi connectivity index (χ1) is 7.63. The van der Waals surface area contributed by atoms with Gasteiger partial charge in [-0.3, -0.25) is 0 Å². The average molecular weight is 214 g/mol. The van der Waals surface area contributed by atoms with Gasteiger partial charge in [-0.2, -0.15) is 0 Å². The van der Waals surface area contributed by atoms with Crippen LogP contribution < -0.4 is 0 Å². The quantitative estimate of drug-likeness (QED) is 0.664. The van der Waals surface area contributed by atoms with Crippen molar-refractivity contribution in [3.05, 3.63) is 40.0 Å². The molecule has 0 heterocycles. The summed E-state index contributed by atoms with van der Waals surface area (Å²) >= 11 is 0. The van der Waals surface area contributed by atoms with Gasteiger partial charge in [0.1, 0.15) is 0 Å². The van der Waals surface area contributed by atoms with Crippen molar-refractivity contribution in [1.82, 2.24) is 0 Å². The molecular weight excluding hydrogens is 192 g/mol. The molecule has 0 N–H and O–H groups in total. The summed E-state index contributed by atoms with van der Waals surface area (Å²) in [4.78, 5) is 0. The first-order valence-corrected chi connectivity index (χ1v) is 6.42. The lowest BCUT2D eigenvalue weighted by atomic mass is 9.89. The van der Waals surface area contributed by atoms with Gasteiger partial charge >= 0.3 is 0 Å². The SMILES string of the molecule is CCCCC1C(C)=Cc2c(C)cc(C)cc21. The standard InChI is InChI=1S/C16H22/c1-5-6-7-14-13(4)10-15-12(3)8-11(2)9-16(14)15/h8-10,14H,5-7H2,1-4H3. The Bertz CT molecular complexity index is 424. The van der Waals surface area contributed by atoms with Crippen molar-refractivity contribution >= 4 is 6.08 Å². The number of rotatable bonds is 3. The van der Waals surface area contributed by atoms with E-state index in [1.54, 1.807) is 11.1 Å². The second-order valence-electron chi connectivity index (χ2n) is 5.17. The lowest BCUT2D eigenvalue weighted by Gasteiger charge is -2.15. The summed E-state index contributed by atoms with van der Waals surface area (Å²) in [6.45, 7) is 9.00. The van der Waals surface area contributed by atoms with Gasteiger partial charge in [0.05, 0.1) is 0 Å². The Hall–Kier alpha value is -1.04. The molecule has 0 nitrogen and oxygen atoms in total. The lowest BCUT2D eigenvalue weighted by Crippen LogP contribution is -1.98. The van der Waals surface area contributed by atoms with Crippen LogP contribution in [0.1, 0.15) is 61.3 Å². The minimum atomic E-state index is 0.688. The number of hydrogen-bond acceptors (Lipinski definition) is 0. The Kier molecular flexibility index (Phi) is 3.18. The second kappa shape index (κ2) is 4.45. The van der Waals surface area contributed by atoms with E-state index >= 15 is 0 Å². The molecule has 2 rings (SSSR count). The molecule has 1 unspecified atom stereocenters. The first kappa shape index (κ1) is 11.4. The van der Waals surface area contributed by atoms with Gasteiger partial charge in [-0.15, -0.1) is 0 Å². The molecule has 0 heteroatoms. The Labute approximate surface area is 99.4 Å². The number of fused-ring (bicyclic) bond motifs is 1. The van der Waals surface area contributed by atoms with Gasteiger partial charge in [-0.1, -0.05) is 49.1 Å². The largest absolute Gasteiger partial charge is 0.0654 e. The minimum absolute atomic E-state index is 0.688. The van der Waals surface area contributed by atoms with Gasteiger partial charge in [0.15, 0.2) is 0 Å². The van der Waals surface area contributed by atoms with Crippen LogP contribution in [0.5, 0.6) is 0 Å². The van der Waals surface area contributed by atoms with Crippen molar-refractivity contribution in [3.8, 4) is 0 Å². The number of aryl methyl sites for hydroxylation is 2. The van der Waals surface area contributed by atoms with Crippen LogP contribution in [-0.4, -0.2) is 0 Å². The first-order valence-electron chi connectivity index (χ1n) is 6.42. The number of hydrogen-bond donors (Lipinski definition) is 0. The van der Waals surface area contributed by atoms with E-state index < -0.39 is 0 Å². The van der Waals surface area contributed by atoms with E-state index in [0.29, 0.717) is 5.92 Å². The summed E-state index contributed by atoms with van der Waals surface area (Å²) in [5.74, 6) is 0.688. The molecule has 1 aromatic carbocycles. The van der Waals surface area contributed by atoms with E-state index in [9.17, 15) is 0 Å². The Morgan fingerprint density at radius 1 is 1.12 bits per heavy atom. The van der Waals surface area contributed by atoms with Crippen molar-refractivity contribution in [2.24, 2.45) is 0 Å². The number of benzene rings is 1. The molecule has 0 spiro atoms. The van der Waals surface area contributed by atoms with Gasteiger partial charge in [-0.25, -0.2) is 0 Å². The number of allylic oxidation sites excluding steroid dienone is 1. The van der Waals surface area contributed by atoms with Crippen molar-refractivity contribution < 1.29 is 0 Å². The van der Waals surface area contributed by atoms with Crippen molar-refractivity contribution in [3.63, 3.8) is 0 Å². The minimum Gasteiger partial charge on any atom is -0.0654 e. The molecule has 0 amide bonds. The summed E-state index contributed by atoms with van der Waals surface area (Å²) < 4.78 is 0. The Morgan fingerprint density at radius 2 is 1.88 bits per heavy atom. The molecule has 0 saturated heterocycles. The average Bonchev–Trinajstić information content (AvgIpc) is 2.53. The molecule has 0 fully saturated rings. The maximum Gasteiger partial charge on any atom is 0.00548 e. The van der Waals surface area contributed by atoms with Gasteiger partial charge in [0.25, 0.3) is 0 Å². The van der Waals surface area contributed by atoms with Gasteiger partial charge in [-0.05, 0) is 43.9 Å². The van der Waals surface area contributed by atoms with E-state index in [1.165, 1.54) is 36.0 Å². The molecule has 16 heavy (non-hydrogen) atoms. The van der Waals surface area contributed by atoms with E-state index in [4.69, 9.17) is 0 Å². The Balaban J connectivity index is 2.37. The Morgan fingerprint density at radius 3 is 2.56 bits per heavy atom. The third kappa shape index (κ3) is 1.93. The van der Waals surface area contributed by atoms with Crippen molar-refractivity contribution in [2.75, 3.05) is 0 Å². The monoisotopic (exact) mass is 214 g/mol. The highest BCUT2D eigenvalue weighted by Crippen LogP contribution is 2.41.